The molecule has 0 aromatic heterocycles. The van der Waals surface area contributed by atoms with Gasteiger partial charge < -0.3 is 15.0 Å². The first kappa shape index (κ1) is 18.3. The van der Waals surface area contributed by atoms with Gasteiger partial charge in [0, 0.05) is 18.8 Å². The fraction of sp³-hybridized carbons (Fsp3) is 0.409. The van der Waals surface area contributed by atoms with E-state index in [4.69, 9.17) is 4.74 Å². The zero-order valence-electron chi connectivity index (χ0n) is 15.7. The number of anilines is 1. The standard InChI is InChI=1S/C22H28N2O2/c1-17-7-6-14-24(15-17)20-12-10-19(11-13-20)18(2)23-22(25)16-26-21-8-4-3-5-9-21/h3-5,8-13,17-18H,6-7,14-16H2,1-2H3,(H,23,25)/t17-,18+/m1/s1. The van der Waals surface area contributed by atoms with Crippen LogP contribution in [-0.2, 0) is 4.79 Å². The van der Waals surface area contributed by atoms with Gasteiger partial charge in [-0.05, 0) is 55.5 Å². The van der Waals surface area contributed by atoms with E-state index in [1.807, 2.05) is 37.3 Å². The SMILES string of the molecule is C[C@@H]1CCCN(c2ccc([C@H](C)NC(=O)COc3ccccc3)cc2)C1. The van der Waals surface area contributed by atoms with Gasteiger partial charge in [-0.2, -0.15) is 0 Å². The maximum Gasteiger partial charge on any atom is 0.258 e. The second kappa shape index (κ2) is 8.75. The van der Waals surface area contributed by atoms with E-state index in [0.29, 0.717) is 5.75 Å². The summed E-state index contributed by atoms with van der Waals surface area (Å²) in [5.41, 5.74) is 2.37. The highest BCUT2D eigenvalue weighted by molar-refractivity contribution is 5.78. The number of piperidine rings is 1. The van der Waals surface area contributed by atoms with Crippen LogP contribution in [0, 0.1) is 5.92 Å². The van der Waals surface area contributed by atoms with Gasteiger partial charge in [0.1, 0.15) is 5.75 Å². The number of benzene rings is 2. The number of nitrogens with zero attached hydrogens (tertiary/aromatic N) is 1. The predicted molar refractivity (Wildman–Crippen MR) is 106 cm³/mol. The molecule has 2 aromatic carbocycles. The fourth-order valence-electron chi connectivity index (χ4n) is 3.43. The van der Waals surface area contributed by atoms with E-state index in [-0.39, 0.29) is 18.6 Å². The van der Waals surface area contributed by atoms with E-state index in [1.165, 1.54) is 18.5 Å². The number of para-hydroxylation sites is 1. The Kier molecular flexibility index (Phi) is 6.16. The minimum absolute atomic E-state index is 0.0259. The summed E-state index contributed by atoms with van der Waals surface area (Å²) < 4.78 is 5.49. The molecule has 1 fully saturated rings. The lowest BCUT2D eigenvalue weighted by atomic mass is 9.99. The quantitative estimate of drug-likeness (QED) is 0.848. The minimum atomic E-state index is -0.115. The van der Waals surface area contributed by atoms with Crippen molar-refractivity contribution in [2.45, 2.75) is 32.7 Å². The zero-order chi connectivity index (χ0) is 18.4. The summed E-state index contributed by atoms with van der Waals surface area (Å²) in [5.74, 6) is 1.34. The molecule has 26 heavy (non-hydrogen) atoms. The largest absolute Gasteiger partial charge is 0.484 e. The van der Waals surface area contributed by atoms with Crippen molar-refractivity contribution in [3.63, 3.8) is 0 Å². The Balaban J connectivity index is 1.51. The molecule has 4 heteroatoms. The van der Waals surface area contributed by atoms with Gasteiger partial charge in [-0.25, -0.2) is 0 Å². The number of carbonyl (C=O) groups excluding carboxylic acids is 1. The number of rotatable bonds is 6. The molecular weight excluding hydrogens is 324 g/mol. The molecule has 4 nitrogen and oxygen atoms in total. The van der Waals surface area contributed by atoms with Crippen LogP contribution in [0.5, 0.6) is 5.75 Å². The molecular formula is C22H28N2O2. The Bertz CT molecular complexity index is 700. The third-order valence-corrected chi connectivity index (χ3v) is 4.91. The first-order chi connectivity index (χ1) is 12.6. The van der Waals surface area contributed by atoms with E-state index >= 15 is 0 Å². The Morgan fingerprint density at radius 3 is 2.62 bits per heavy atom. The van der Waals surface area contributed by atoms with Gasteiger partial charge in [-0.3, -0.25) is 4.79 Å². The first-order valence-electron chi connectivity index (χ1n) is 9.44. The molecule has 0 radical (unpaired) electrons. The second-order valence-corrected chi connectivity index (χ2v) is 7.18. The number of hydrogen-bond donors (Lipinski definition) is 1. The first-order valence-corrected chi connectivity index (χ1v) is 9.44. The van der Waals surface area contributed by atoms with Crippen molar-refractivity contribution in [1.29, 1.82) is 0 Å². The fourth-order valence-corrected chi connectivity index (χ4v) is 3.43. The molecule has 1 aliphatic heterocycles. The number of ether oxygens (including phenoxy) is 1. The number of amides is 1. The van der Waals surface area contributed by atoms with Crippen molar-refractivity contribution in [2.24, 2.45) is 5.92 Å². The molecule has 0 spiro atoms. The maximum atomic E-state index is 12.1. The number of hydrogen-bond acceptors (Lipinski definition) is 3. The van der Waals surface area contributed by atoms with Crippen LogP contribution < -0.4 is 15.0 Å². The lowest BCUT2D eigenvalue weighted by molar-refractivity contribution is -0.123. The molecule has 1 saturated heterocycles. The lowest BCUT2D eigenvalue weighted by Crippen LogP contribution is -2.34. The van der Waals surface area contributed by atoms with Crippen molar-refractivity contribution in [3.05, 3.63) is 60.2 Å². The normalized spacial score (nSPS) is 18.2. The van der Waals surface area contributed by atoms with Crippen LogP contribution in [0.2, 0.25) is 0 Å². The monoisotopic (exact) mass is 352 g/mol. The van der Waals surface area contributed by atoms with Crippen molar-refractivity contribution in [1.82, 2.24) is 5.32 Å². The lowest BCUT2D eigenvalue weighted by Gasteiger charge is -2.33. The molecule has 1 N–H and O–H groups in total. The van der Waals surface area contributed by atoms with Crippen LogP contribution in [0.3, 0.4) is 0 Å². The summed E-state index contributed by atoms with van der Waals surface area (Å²) in [6.45, 7) is 6.60. The number of nitrogens with one attached hydrogen (secondary N) is 1. The Morgan fingerprint density at radius 2 is 1.92 bits per heavy atom. The average molecular weight is 352 g/mol. The third-order valence-electron chi connectivity index (χ3n) is 4.91. The molecule has 1 amide bonds. The van der Waals surface area contributed by atoms with E-state index < -0.39 is 0 Å². The Labute approximate surface area is 156 Å². The van der Waals surface area contributed by atoms with Gasteiger partial charge in [0.2, 0.25) is 0 Å². The van der Waals surface area contributed by atoms with E-state index in [9.17, 15) is 4.79 Å². The van der Waals surface area contributed by atoms with Crippen LogP contribution in [0.15, 0.2) is 54.6 Å². The number of carbonyl (C=O) groups is 1. The minimum Gasteiger partial charge on any atom is -0.484 e. The second-order valence-electron chi connectivity index (χ2n) is 7.18. The van der Waals surface area contributed by atoms with Gasteiger partial charge in [0.05, 0.1) is 6.04 Å². The molecule has 0 aliphatic carbocycles. The van der Waals surface area contributed by atoms with E-state index in [2.05, 4.69) is 41.4 Å². The van der Waals surface area contributed by atoms with Gasteiger partial charge in [-0.15, -0.1) is 0 Å². The molecule has 1 aliphatic rings. The van der Waals surface area contributed by atoms with Crippen LogP contribution in [-0.4, -0.2) is 25.6 Å². The Morgan fingerprint density at radius 1 is 1.19 bits per heavy atom. The van der Waals surface area contributed by atoms with Crippen molar-refractivity contribution < 1.29 is 9.53 Å². The Hall–Kier alpha value is -2.49. The molecule has 138 valence electrons. The topological polar surface area (TPSA) is 41.6 Å². The molecule has 0 bridgehead atoms. The van der Waals surface area contributed by atoms with Crippen molar-refractivity contribution in [2.75, 3.05) is 24.6 Å². The zero-order valence-corrected chi connectivity index (χ0v) is 15.7. The van der Waals surface area contributed by atoms with Gasteiger partial charge in [-0.1, -0.05) is 37.3 Å². The molecule has 0 unspecified atom stereocenters. The summed E-state index contributed by atoms with van der Waals surface area (Å²) in [4.78, 5) is 14.6. The van der Waals surface area contributed by atoms with Crippen LogP contribution in [0.1, 0.15) is 38.3 Å². The highest BCUT2D eigenvalue weighted by Crippen LogP contribution is 2.24. The maximum absolute atomic E-state index is 12.1. The average Bonchev–Trinajstić information content (AvgIpc) is 2.67. The summed E-state index contributed by atoms with van der Waals surface area (Å²) in [6.07, 6.45) is 2.58. The van der Waals surface area contributed by atoms with E-state index in [1.54, 1.807) is 0 Å². The smallest absolute Gasteiger partial charge is 0.258 e. The molecule has 2 aromatic rings. The van der Waals surface area contributed by atoms with Crippen LogP contribution in [0.4, 0.5) is 5.69 Å². The predicted octanol–water partition coefficient (Wildman–Crippen LogP) is 4.18. The third kappa shape index (κ3) is 5.01. The van der Waals surface area contributed by atoms with Crippen molar-refractivity contribution in [3.8, 4) is 5.75 Å². The van der Waals surface area contributed by atoms with Gasteiger partial charge in [0.15, 0.2) is 6.61 Å². The molecule has 1 heterocycles. The highest BCUT2D eigenvalue weighted by Gasteiger charge is 2.17. The van der Waals surface area contributed by atoms with Gasteiger partial charge >= 0.3 is 0 Å². The van der Waals surface area contributed by atoms with E-state index in [0.717, 1.165) is 24.6 Å². The van der Waals surface area contributed by atoms with Gasteiger partial charge in [0.25, 0.3) is 5.91 Å². The summed E-state index contributed by atoms with van der Waals surface area (Å²) in [5, 5.41) is 2.99. The highest BCUT2D eigenvalue weighted by atomic mass is 16.5. The summed E-state index contributed by atoms with van der Waals surface area (Å²) >= 11 is 0. The molecule has 0 saturated carbocycles. The molecule has 2 atom stereocenters. The summed E-state index contributed by atoms with van der Waals surface area (Å²) in [6, 6.07) is 17.9. The van der Waals surface area contributed by atoms with Crippen LogP contribution in [0.25, 0.3) is 0 Å². The van der Waals surface area contributed by atoms with Crippen molar-refractivity contribution >= 4 is 11.6 Å². The summed E-state index contributed by atoms with van der Waals surface area (Å²) in [7, 11) is 0. The molecule has 3 rings (SSSR count). The van der Waals surface area contributed by atoms with Crippen LogP contribution >= 0.6 is 0 Å².